The number of nitrogens with one attached hydrogen (secondary N) is 2. The number of hydrogen-bond acceptors (Lipinski definition) is 5. The number of amides is 2. The Kier molecular flexibility index (Phi) is 5.86. The van der Waals surface area contributed by atoms with Crippen molar-refractivity contribution in [3.63, 3.8) is 0 Å². The number of nitrogens with zero attached hydrogens (tertiary/aromatic N) is 2. The zero-order chi connectivity index (χ0) is 21.8. The highest BCUT2D eigenvalue weighted by atomic mass is 32.1. The van der Waals surface area contributed by atoms with Gasteiger partial charge in [0.2, 0.25) is 0 Å². The number of thiazole rings is 1. The van der Waals surface area contributed by atoms with E-state index in [1.807, 2.05) is 11.4 Å². The molecule has 0 radical (unpaired) electrons. The smallest absolute Gasteiger partial charge is 0.257 e. The van der Waals surface area contributed by atoms with E-state index in [1.54, 1.807) is 42.6 Å². The molecule has 0 fully saturated rings. The van der Waals surface area contributed by atoms with Crippen LogP contribution in [-0.4, -0.2) is 21.8 Å². The van der Waals surface area contributed by atoms with E-state index in [-0.39, 0.29) is 11.8 Å². The predicted octanol–water partition coefficient (Wildman–Crippen LogP) is 5.33. The summed E-state index contributed by atoms with van der Waals surface area (Å²) in [6, 6.07) is 16.3. The van der Waals surface area contributed by atoms with E-state index < -0.39 is 0 Å². The molecule has 2 amide bonds. The Morgan fingerprint density at radius 1 is 0.871 bits per heavy atom. The molecule has 0 atom stereocenters. The second-order valence-electron chi connectivity index (χ2n) is 7.07. The molecule has 2 N–H and O–H groups in total. The largest absolute Gasteiger partial charge is 0.322 e. The summed E-state index contributed by atoms with van der Waals surface area (Å²) in [7, 11) is 0. The molecule has 31 heavy (non-hydrogen) atoms. The van der Waals surface area contributed by atoms with Gasteiger partial charge in [-0.3, -0.25) is 19.9 Å². The molecule has 4 rings (SSSR count). The van der Waals surface area contributed by atoms with Crippen molar-refractivity contribution in [1.82, 2.24) is 9.97 Å². The van der Waals surface area contributed by atoms with Crippen LogP contribution < -0.4 is 10.6 Å². The van der Waals surface area contributed by atoms with Crippen LogP contribution in [0.15, 0.2) is 72.4 Å². The molecule has 0 aliphatic rings. The average molecular weight is 429 g/mol. The van der Waals surface area contributed by atoms with Crippen molar-refractivity contribution in [2.45, 2.75) is 13.8 Å². The lowest BCUT2D eigenvalue weighted by Crippen LogP contribution is -2.14. The van der Waals surface area contributed by atoms with Gasteiger partial charge in [0, 0.05) is 34.6 Å². The maximum Gasteiger partial charge on any atom is 0.257 e. The average Bonchev–Trinajstić information content (AvgIpc) is 3.25. The molecule has 2 heterocycles. The van der Waals surface area contributed by atoms with Crippen LogP contribution in [0.4, 0.5) is 10.8 Å². The van der Waals surface area contributed by atoms with Gasteiger partial charge in [0.1, 0.15) is 0 Å². The Bertz CT molecular complexity index is 1250. The van der Waals surface area contributed by atoms with Gasteiger partial charge < -0.3 is 5.32 Å². The highest BCUT2D eigenvalue weighted by molar-refractivity contribution is 7.14. The number of aromatic nitrogens is 2. The highest BCUT2D eigenvalue weighted by Crippen LogP contribution is 2.27. The number of carbonyl (C=O) groups excluding carboxylic acids is 2. The van der Waals surface area contributed by atoms with Crippen LogP contribution in [0.3, 0.4) is 0 Å². The van der Waals surface area contributed by atoms with Crippen molar-refractivity contribution in [3.8, 4) is 11.3 Å². The van der Waals surface area contributed by atoms with E-state index in [0.717, 1.165) is 11.3 Å². The first kappa shape index (κ1) is 20.4. The summed E-state index contributed by atoms with van der Waals surface area (Å²) in [4.78, 5) is 33.5. The predicted molar refractivity (Wildman–Crippen MR) is 124 cm³/mol. The fourth-order valence-corrected chi connectivity index (χ4v) is 3.69. The Hall–Kier alpha value is -3.84. The molecule has 4 aromatic rings. The topological polar surface area (TPSA) is 84.0 Å². The summed E-state index contributed by atoms with van der Waals surface area (Å²) in [6.45, 7) is 4.13. The van der Waals surface area contributed by atoms with Crippen molar-refractivity contribution >= 4 is 34.0 Å². The maximum atomic E-state index is 12.7. The molecule has 0 unspecified atom stereocenters. The molecule has 154 valence electrons. The second kappa shape index (κ2) is 8.89. The quantitative estimate of drug-likeness (QED) is 0.450. The highest BCUT2D eigenvalue weighted by Gasteiger charge is 2.12. The first-order valence-electron chi connectivity index (χ1n) is 9.65. The zero-order valence-corrected chi connectivity index (χ0v) is 17.9. The van der Waals surface area contributed by atoms with Crippen molar-refractivity contribution in [2.24, 2.45) is 0 Å². The molecule has 2 aromatic carbocycles. The molecule has 0 aliphatic carbocycles. The van der Waals surface area contributed by atoms with Crippen molar-refractivity contribution in [2.75, 3.05) is 10.6 Å². The zero-order valence-electron chi connectivity index (χ0n) is 17.0. The lowest BCUT2D eigenvalue weighted by molar-refractivity contribution is 0.101. The minimum absolute atomic E-state index is 0.288. The van der Waals surface area contributed by atoms with Crippen LogP contribution >= 0.6 is 11.3 Å². The normalized spacial score (nSPS) is 10.5. The molecule has 7 heteroatoms. The number of pyridine rings is 1. The van der Waals surface area contributed by atoms with Crippen molar-refractivity contribution < 1.29 is 9.59 Å². The maximum absolute atomic E-state index is 12.7. The molecule has 0 spiro atoms. The van der Waals surface area contributed by atoms with Crippen LogP contribution in [0.25, 0.3) is 11.3 Å². The van der Waals surface area contributed by atoms with E-state index in [1.165, 1.54) is 28.7 Å². The summed E-state index contributed by atoms with van der Waals surface area (Å²) in [6.07, 6.45) is 3.09. The third kappa shape index (κ3) is 4.84. The molecule has 2 aromatic heterocycles. The molecule has 0 saturated heterocycles. The second-order valence-corrected chi connectivity index (χ2v) is 7.93. The SMILES string of the molecule is Cc1ccc(-c2csc(NC(=O)c3cccc(NC(=O)c4cccnc4)c3)n2)cc1C. The first-order chi connectivity index (χ1) is 15.0. The van der Waals surface area contributed by atoms with Gasteiger partial charge in [-0.25, -0.2) is 4.98 Å². The molecule has 0 saturated carbocycles. The van der Waals surface area contributed by atoms with Crippen LogP contribution in [0.5, 0.6) is 0 Å². The van der Waals surface area contributed by atoms with E-state index in [9.17, 15) is 9.59 Å². The van der Waals surface area contributed by atoms with Gasteiger partial charge in [0.05, 0.1) is 11.3 Å². The number of aryl methyl sites for hydroxylation is 2. The molecular formula is C24H20N4O2S. The third-order valence-electron chi connectivity index (χ3n) is 4.83. The number of rotatable bonds is 5. The van der Waals surface area contributed by atoms with Gasteiger partial charge in [-0.15, -0.1) is 11.3 Å². The lowest BCUT2D eigenvalue weighted by Gasteiger charge is -2.07. The molecule has 0 bridgehead atoms. The Morgan fingerprint density at radius 2 is 1.68 bits per heavy atom. The third-order valence-corrected chi connectivity index (χ3v) is 5.59. The first-order valence-corrected chi connectivity index (χ1v) is 10.5. The summed E-state index contributed by atoms with van der Waals surface area (Å²) < 4.78 is 0. The van der Waals surface area contributed by atoms with Crippen LogP contribution in [0.2, 0.25) is 0 Å². The van der Waals surface area contributed by atoms with Gasteiger partial charge in [-0.1, -0.05) is 18.2 Å². The minimum Gasteiger partial charge on any atom is -0.322 e. The van der Waals surface area contributed by atoms with E-state index in [4.69, 9.17) is 0 Å². The number of anilines is 2. The summed E-state index contributed by atoms with van der Waals surface area (Å²) in [5.41, 5.74) is 5.65. The number of hydrogen-bond donors (Lipinski definition) is 2. The van der Waals surface area contributed by atoms with Crippen LogP contribution in [0.1, 0.15) is 31.8 Å². The molecule has 0 aliphatic heterocycles. The van der Waals surface area contributed by atoms with Gasteiger partial charge in [0.15, 0.2) is 5.13 Å². The summed E-state index contributed by atoms with van der Waals surface area (Å²) >= 11 is 1.37. The van der Waals surface area contributed by atoms with E-state index >= 15 is 0 Å². The molecular weight excluding hydrogens is 408 g/mol. The standard InChI is InChI=1S/C24H20N4O2S/c1-15-8-9-17(11-16(15)2)21-14-31-24(27-21)28-22(29)18-5-3-7-20(12-18)26-23(30)19-6-4-10-25-13-19/h3-14H,1-2H3,(H,26,30)(H,27,28,29). The van der Waals surface area contributed by atoms with Gasteiger partial charge in [-0.2, -0.15) is 0 Å². The Balaban J connectivity index is 1.46. The van der Waals surface area contributed by atoms with Gasteiger partial charge >= 0.3 is 0 Å². The van der Waals surface area contributed by atoms with Crippen LogP contribution in [0, 0.1) is 13.8 Å². The van der Waals surface area contributed by atoms with Crippen molar-refractivity contribution in [1.29, 1.82) is 0 Å². The van der Waals surface area contributed by atoms with Gasteiger partial charge in [-0.05, 0) is 61.4 Å². The van der Waals surface area contributed by atoms with Crippen LogP contribution in [-0.2, 0) is 0 Å². The van der Waals surface area contributed by atoms with E-state index in [2.05, 4.69) is 46.6 Å². The lowest BCUT2D eigenvalue weighted by atomic mass is 10.1. The van der Waals surface area contributed by atoms with Crippen molar-refractivity contribution in [3.05, 3.63) is 94.6 Å². The van der Waals surface area contributed by atoms with E-state index in [0.29, 0.717) is 21.9 Å². The fourth-order valence-electron chi connectivity index (χ4n) is 2.97. The molecule has 6 nitrogen and oxygen atoms in total. The monoisotopic (exact) mass is 428 g/mol. The van der Waals surface area contributed by atoms with Gasteiger partial charge in [0.25, 0.3) is 11.8 Å². The number of benzene rings is 2. The summed E-state index contributed by atoms with van der Waals surface area (Å²) in [5, 5.41) is 8.05. The Morgan fingerprint density at radius 3 is 2.45 bits per heavy atom. The summed E-state index contributed by atoms with van der Waals surface area (Å²) in [5.74, 6) is -0.581. The fraction of sp³-hybridized carbons (Fsp3) is 0.0833. The Labute approximate surface area is 184 Å². The number of carbonyl (C=O) groups is 2. The minimum atomic E-state index is -0.293.